The Morgan fingerprint density at radius 3 is 2.54 bits per heavy atom. The summed E-state index contributed by atoms with van der Waals surface area (Å²) in [7, 11) is 0. The highest BCUT2D eigenvalue weighted by atomic mass is 16.3. The number of aromatic nitrogens is 2. The number of benzene rings is 2. The summed E-state index contributed by atoms with van der Waals surface area (Å²) >= 11 is 0. The van der Waals surface area contributed by atoms with Crippen molar-refractivity contribution in [1.82, 2.24) is 9.97 Å². The Balaban J connectivity index is 1.59. The van der Waals surface area contributed by atoms with Crippen LogP contribution in [0.15, 0.2) is 83.4 Å². The summed E-state index contributed by atoms with van der Waals surface area (Å²) in [5.41, 5.74) is 7.10. The summed E-state index contributed by atoms with van der Waals surface area (Å²) in [6, 6.07) is 25.2. The van der Waals surface area contributed by atoms with Crippen molar-refractivity contribution in [1.29, 1.82) is 0 Å². The van der Waals surface area contributed by atoms with Crippen molar-refractivity contribution in [2.75, 3.05) is 0 Å². The van der Waals surface area contributed by atoms with Gasteiger partial charge in [-0.05, 0) is 60.5 Å². The SMILES string of the molecule is Cc1ccc2c(n1)oc1ccc(-c3cc(C(C)c4ccccc4)ccn3)cc12. The molecule has 0 bridgehead atoms. The van der Waals surface area contributed by atoms with Crippen molar-refractivity contribution in [3.63, 3.8) is 0 Å². The molecule has 3 nitrogen and oxygen atoms in total. The summed E-state index contributed by atoms with van der Waals surface area (Å²) in [6.07, 6.45) is 1.90. The molecule has 1 atom stereocenters. The molecular weight excluding hydrogens is 344 g/mol. The second-order valence-electron chi connectivity index (χ2n) is 7.23. The van der Waals surface area contributed by atoms with Gasteiger partial charge in [0.25, 0.3) is 0 Å². The number of hydrogen-bond donors (Lipinski definition) is 0. The fraction of sp³-hybridized carbons (Fsp3) is 0.120. The molecule has 0 aliphatic rings. The van der Waals surface area contributed by atoms with Crippen molar-refractivity contribution in [3.05, 3.63) is 95.8 Å². The van der Waals surface area contributed by atoms with E-state index in [1.165, 1.54) is 11.1 Å². The lowest BCUT2D eigenvalue weighted by Gasteiger charge is -2.13. The minimum absolute atomic E-state index is 0.314. The smallest absolute Gasteiger partial charge is 0.227 e. The largest absolute Gasteiger partial charge is 0.438 e. The van der Waals surface area contributed by atoms with Crippen molar-refractivity contribution in [2.45, 2.75) is 19.8 Å². The number of hydrogen-bond acceptors (Lipinski definition) is 3. The zero-order valence-corrected chi connectivity index (χ0v) is 15.9. The van der Waals surface area contributed by atoms with Crippen LogP contribution in [0.25, 0.3) is 33.3 Å². The molecule has 1 unspecified atom stereocenters. The number of pyridine rings is 2. The van der Waals surface area contributed by atoms with E-state index in [4.69, 9.17) is 4.42 Å². The molecule has 3 aromatic heterocycles. The molecule has 3 heteroatoms. The van der Waals surface area contributed by atoms with E-state index in [1.54, 1.807) is 0 Å². The summed E-state index contributed by atoms with van der Waals surface area (Å²) in [5.74, 6) is 0.314. The van der Waals surface area contributed by atoms with Crippen molar-refractivity contribution in [2.24, 2.45) is 0 Å². The number of aryl methyl sites for hydroxylation is 1. The first kappa shape index (κ1) is 16.7. The summed E-state index contributed by atoms with van der Waals surface area (Å²) in [5, 5.41) is 2.11. The maximum atomic E-state index is 5.91. The summed E-state index contributed by atoms with van der Waals surface area (Å²) in [6.45, 7) is 4.20. The summed E-state index contributed by atoms with van der Waals surface area (Å²) < 4.78 is 5.91. The minimum Gasteiger partial charge on any atom is -0.438 e. The Morgan fingerprint density at radius 1 is 0.821 bits per heavy atom. The molecule has 0 aliphatic heterocycles. The first-order valence-corrected chi connectivity index (χ1v) is 9.50. The zero-order chi connectivity index (χ0) is 19.1. The van der Waals surface area contributed by atoms with Gasteiger partial charge in [0.05, 0.1) is 5.69 Å². The van der Waals surface area contributed by atoms with Crippen LogP contribution in [-0.2, 0) is 0 Å². The van der Waals surface area contributed by atoms with Crippen molar-refractivity contribution >= 4 is 22.1 Å². The van der Waals surface area contributed by atoms with Crippen LogP contribution in [0.5, 0.6) is 0 Å². The third-order valence-electron chi connectivity index (χ3n) is 5.36. The fourth-order valence-corrected chi connectivity index (χ4v) is 3.72. The molecule has 0 radical (unpaired) electrons. The van der Waals surface area contributed by atoms with E-state index in [2.05, 4.69) is 77.6 Å². The number of fused-ring (bicyclic) bond motifs is 3. The first-order chi connectivity index (χ1) is 13.7. The number of nitrogens with zero attached hydrogens (tertiary/aromatic N) is 2. The van der Waals surface area contributed by atoms with Gasteiger partial charge in [-0.2, -0.15) is 0 Å². The second-order valence-corrected chi connectivity index (χ2v) is 7.23. The predicted octanol–water partition coefficient (Wildman–Crippen LogP) is 6.50. The minimum atomic E-state index is 0.314. The monoisotopic (exact) mass is 364 g/mol. The maximum Gasteiger partial charge on any atom is 0.227 e. The van der Waals surface area contributed by atoms with Crippen LogP contribution in [0.3, 0.4) is 0 Å². The molecule has 0 amide bonds. The van der Waals surface area contributed by atoms with Crippen LogP contribution >= 0.6 is 0 Å². The topological polar surface area (TPSA) is 38.9 Å². The molecule has 0 N–H and O–H groups in total. The molecule has 0 spiro atoms. The van der Waals surface area contributed by atoms with Gasteiger partial charge < -0.3 is 4.42 Å². The van der Waals surface area contributed by atoms with Crippen LogP contribution in [0, 0.1) is 6.92 Å². The van der Waals surface area contributed by atoms with Gasteiger partial charge in [0.2, 0.25) is 5.71 Å². The van der Waals surface area contributed by atoms with Gasteiger partial charge in [-0.15, -0.1) is 0 Å². The van der Waals surface area contributed by atoms with Gasteiger partial charge in [0, 0.05) is 34.1 Å². The van der Waals surface area contributed by atoms with Gasteiger partial charge >= 0.3 is 0 Å². The molecule has 0 fully saturated rings. The van der Waals surface area contributed by atoms with Crippen LogP contribution in [0.4, 0.5) is 0 Å². The van der Waals surface area contributed by atoms with E-state index in [0.717, 1.165) is 33.3 Å². The predicted molar refractivity (Wildman–Crippen MR) is 113 cm³/mol. The molecule has 136 valence electrons. The maximum absolute atomic E-state index is 5.91. The molecule has 3 heterocycles. The molecule has 0 saturated carbocycles. The van der Waals surface area contributed by atoms with Gasteiger partial charge in [0.15, 0.2) is 0 Å². The van der Waals surface area contributed by atoms with E-state index >= 15 is 0 Å². The lowest BCUT2D eigenvalue weighted by molar-refractivity contribution is 0.652. The van der Waals surface area contributed by atoms with Crippen LogP contribution in [0.2, 0.25) is 0 Å². The molecule has 0 saturated heterocycles. The Hall–Kier alpha value is -3.46. The molecule has 5 aromatic rings. The molecule has 0 aliphatic carbocycles. The average Bonchev–Trinajstić information content (AvgIpc) is 3.10. The van der Waals surface area contributed by atoms with E-state index in [0.29, 0.717) is 11.6 Å². The quantitative estimate of drug-likeness (QED) is 0.367. The fourth-order valence-electron chi connectivity index (χ4n) is 3.72. The summed E-state index contributed by atoms with van der Waals surface area (Å²) in [4.78, 5) is 9.13. The van der Waals surface area contributed by atoms with Crippen molar-refractivity contribution < 1.29 is 4.42 Å². The highest BCUT2D eigenvalue weighted by molar-refractivity contribution is 6.05. The Kier molecular flexibility index (Phi) is 3.94. The van der Waals surface area contributed by atoms with E-state index < -0.39 is 0 Å². The standard InChI is InChI=1S/C25H20N2O/c1-16-8-10-21-22-14-20(9-11-24(22)28-25(21)27-16)23-15-19(12-13-26-23)17(2)18-6-4-3-5-7-18/h3-15,17H,1-2H3. The Labute approximate surface area is 163 Å². The Morgan fingerprint density at radius 2 is 1.68 bits per heavy atom. The molecular formula is C25H20N2O. The average molecular weight is 364 g/mol. The van der Waals surface area contributed by atoms with Crippen LogP contribution in [-0.4, -0.2) is 9.97 Å². The lowest BCUT2D eigenvalue weighted by atomic mass is 9.93. The van der Waals surface area contributed by atoms with E-state index in [1.807, 2.05) is 25.3 Å². The third-order valence-corrected chi connectivity index (χ3v) is 5.36. The zero-order valence-electron chi connectivity index (χ0n) is 15.9. The van der Waals surface area contributed by atoms with Gasteiger partial charge in [-0.1, -0.05) is 37.3 Å². The number of rotatable bonds is 3. The van der Waals surface area contributed by atoms with Gasteiger partial charge in [0.1, 0.15) is 5.58 Å². The van der Waals surface area contributed by atoms with Crippen LogP contribution < -0.4 is 0 Å². The molecule has 5 rings (SSSR count). The van der Waals surface area contributed by atoms with Gasteiger partial charge in [-0.25, -0.2) is 4.98 Å². The Bertz CT molecular complexity index is 1290. The van der Waals surface area contributed by atoms with E-state index in [9.17, 15) is 0 Å². The van der Waals surface area contributed by atoms with E-state index in [-0.39, 0.29) is 0 Å². The van der Waals surface area contributed by atoms with Crippen molar-refractivity contribution in [3.8, 4) is 11.3 Å². The molecule has 28 heavy (non-hydrogen) atoms. The number of furan rings is 1. The highest BCUT2D eigenvalue weighted by Gasteiger charge is 2.12. The second kappa shape index (κ2) is 6.61. The molecule has 2 aromatic carbocycles. The normalized spacial score (nSPS) is 12.5. The first-order valence-electron chi connectivity index (χ1n) is 9.50. The highest BCUT2D eigenvalue weighted by Crippen LogP contribution is 2.32. The van der Waals surface area contributed by atoms with Crippen LogP contribution in [0.1, 0.15) is 29.7 Å². The lowest BCUT2D eigenvalue weighted by Crippen LogP contribution is -1.97. The third kappa shape index (κ3) is 2.85. The van der Waals surface area contributed by atoms with Gasteiger partial charge in [-0.3, -0.25) is 4.98 Å².